The molecule has 0 aromatic rings. The van der Waals surface area contributed by atoms with Crippen molar-refractivity contribution in [3.05, 3.63) is 0 Å². The van der Waals surface area contributed by atoms with E-state index in [1.165, 1.54) is 33.3 Å². The number of nitrogens with zero attached hydrogens (tertiary/aromatic N) is 1. The van der Waals surface area contributed by atoms with Gasteiger partial charge in [-0.1, -0.05) is 0 Å². The molecule has 0 spiro atoms. The van der Waals surface area contributed by atoms with Gasteiger partial charge < -0.3 is 0 Å². The minimum Gasteiger partial charge on any atom is -0.244 e. The number of hydrogen-bond acceptors (Lipinski definition) is 0. The van der Waals surface area contributed by atoms with Crippen LogP contribution in [0.4, 0.5) is 0 Å². The van der Waals surface area contributed by atoms with E-state index in [2.05, 4.69) is 5.32 Å². The lowest BCUT2D eigenvalue weighted by atomic mass is 10.4. The van der Waals surface area contributed by atoms with Crippen molar-refractivity contribution in [2.45, 2.75) is 24.2 Å². The van der Waals surface area contributed by atoms with Gasteiger partial charge in [-0.2, -0.15) is 0 Å². The molecule has 0 N–H and O–H groups in total. The molecule has 1 rings (SSSR count). The van der Waals surface area contributed by atoms with Crippen molar-refractivity contribution in [1.82, 2.24) is 5.32 Å². The molecule has 0 aromatic heterocycles. The first-order valence-electron chi connectivity index (χ1n) is 2.99. The summed E-state index contributed by atoms with van der Waals surface area (Å²) in [5.74, 6) is 0. The van der Waals surface area contributed by atoms with Crippen LogP contribution in [-0.2, 0) is 0 Å². The van der Waals surface area contributed by atoms with Crippen molar-refractivity contribution in [2.75, 3.05) is 0 Å². The van der Waals surface area contributed by atoms with Crippen LogP contribution in [0.3, 0.4) is 0 Å². The predicted molar refractivity (Wildman–Crippen MR) is 38.8 cm³/mol. The van der Waals surface area contributed by atoms with Crippen LogP contribution < -0.4 is 5.32 Å². The fourth-order valence-electron chi connectivity index (χ4n) is 1.07. The molecule has 2 atom stereocenters. The molecule has 1 heterocycles. The van der Waals surface area contributed by atoms with E-state index < -0.39 is 0 Å². The highest BCUT2D eigenvalue weighted by Gasteiger charge is 2.16. The molecule has 1 aliphatic heterocycles. The Hall–Kier alpha value is 0.394. The first-order valence-corrected chi connectivity index (χ1v) is 5.30. The highest BCUT2D eigenvalue weighted by Crippen LogP contribution is 2.07. The van der Waals surface area contributed by atoms with Crippen LogP contribution in [0.25, 0.3) is 0 Å². The Kier molecular flexibility index (Phi) is 1.66. The van der Waals surface area contributed by atoms with E-state index in [1.54, 1.807) is 0 Å². The zero-order chi connectivity index (χ0) is 5.28. The first kappa shape index (κ1) is 5.53. The molecule has 0 saturated carbocycles. The van der Waals surface area contributed by atoms with Crippen LogP contribution in [0, 0.1) is 0 Å². The van der Waals surface area contributed by atoms with Crippen molar-refractivity contribution in [1.29, 1.82) is 0 Å². The summed E-state index contributed by atoms with van der Waals surface area (Å²) in [6, 6.07) is 0. The second kappa shape index (κ2) is 2.11. The summed E-state index contributed by atoms with van der Waals surface area (Å²) in [4.78, 5) is 0. The van der Waals surface area contributed by atoms with Gasteiger partial charge in [-0.05, 0) is 12.8 Å². The van der Waals surface area contributed by atoms with Crippen LogP contribution in [0.1, 0.15) is 12.8 Å². The predicted octanol–water partition coefficient (Wildman–Crippen LogP) is -2.23. The molecule has 0 aromatic carbocycles. The average molecular weight is 130 g/mol. The Balaban J connectivity index is 2.26. The quantitative estimate of drug-likeness (QED) is 0.330. The van der Waals surface area contributed by atoms with Crippen molar-refractivity contribution in [2.24, 2.45) is 0 Å². The highest BCUT2D eigenvalue weighted by molar-refractivity contribution is 6.15. The van der Waals surface area contributed by atoms with Crippen molar-refractivity contribution in [3.8, 4) is 0 Å². The summed E-state index contributed by atoms with van der Waals surface area (Å²) >= 11 is 0. The fraction of sp³-hybridized carbons (Fsp3) is 1.00. The second-order valence-electron chi connectivity index (χ2n) is 2.42. The standard InChI is InChI=1S/C4H12NSi2/c6-3-1-2-4(7)5-3/h3-4H,1-2H2,6-7H3. The summed E-state index contributed by atoms with van der Waals surface area (Å²) in [7, 11) is 2.59. The molecule has 41 valence electrons. The second-order valence-corrected chi connectivity index (χ2v) is 5.09. The van der Waals surface area contributed by atoms with E-state index in [9.17, 15) is 0 Å². The summed E-state index contributed by atoms with van der Waals surface area (Å²) < 4.78 is 0. The molecule has 1 radical (unpaired) electrons. The third-order valence-corrected chi connectivity index (χ3v) is 3.26. The molecule has 1 aliphatic rings. The fourth-order valence-corrected chi connectivity index (χ4v) is 3.35. The maximum Gasteiger partial charge on any atom is 0.0263 e. The number of hydrogen-bond donors (Lipinski definition) is 0. The molecular weight excluding hydrogens is 118 g/mol. The molecule has 0 aliphatic carbocycles. The van der Waals surface area contributed by atoms with Gasteiger partial charge in [-0.3, -0.25) is 0 Å². The van der Waals surface area contributed by atoms with Crippen LogP contribution in [-0.4, -0.2) is 31.8 Å². The maximum absolute atomic E-state index is 4.51. The zero-order valence-electron chi connectivity index (χ0n) is 5.02. The van der Waals surface area contributed by atoms with Crippen molar-refractivity contribution >= 4 is 20.5 Å². The van der Waals surface area contributed by atoms with E-state index in [4.69, 9.17) is 0 Å². The molecule has 2 unspecified atom stereocenters. The van der Waals surface area contributed by atoms with Gasteiger partial charge in [-0.25, -0.2) is 5.32 Å². The van der Waals surface area contributed by atoms with Gasteiger partial charge in [0.05, 0.1) is 0 Å². The normalized spacial score (nSPS) is 42.9. The van der Waals surface area contributed by atoms with Crippen molar-refractivity contribution in [3.63, 3.8) is 0 Å². The molecule has 0 amide bonds. The summed E-state index contributed by atoms with van der Waals surface area (Å²) in [6.07, 6.45) is 2.81. The van der Waals surface area contributed by atoms with Gasteiger partial charge in [0.15, 0.2) is 0 Å². The lowest BCUT2D eigenvalue weighted by Gasteiger charge is -1.98. The smallest absolute Gasteiger partial charge is 0.0263 e. The van der Waals surface area contributed by atoms with Gasteiger partial charge >= 0.3 is 0 Å². The summed E-state index contributed by atoms with van der Waals surface area (Å²) in [5, 5.41) is 4.51. The molecule has 1 fully saturated rings. The summed E-state index contributed by atoms with van der Waals surface area (Å²) in [5.41, 5.74) is 1.64. The van der Waals surface area contributed by atoms with Gasteiger partial charge in [0.2, 0.25) is 0 Å². The Bertz CT molecular complexity index is 58.7. The van der Waals surface area contributed by atoms with Crippen LogP contribution >= 0.6 is 0 Å². The third-order valence-electron chi connectivity index (χ3n) is 1.51. The van der Waals surface area contributed by atoms with E-state index in [1.807, 2.05) is 0 Å². The summed E-state index contributed by atoms with van der Waals surface area (Å²) in [6.45, 7) is 0. The Labute approximate surface area is 50.7 Å². The zero-order valence-corrected chi connectivity index (χ0v) is 9.02. The minimum absolute atomic E-state index is 0.822. The van der Waals surface area contributed by atoms with Crippen LogP contribution in [0.2, 0.25) is 0 Å². The Morgan fingerprint density at radius 1 is 1.14 bits per heavy atom. The van der Waals surface area contributed by atoms with E-state index in [-0.39, 0.29) is 0 Å². The largest absolute Gasteiger partial charge is 0.244 e. The monoisotopic (exact) mass is 130 g/mol. The lowest BCUT2D eigenvalue weighted by Crippen LogP contribution is -2.21. The SMILES string of the molecule is [SiH3]C1CCC([SiH3])[N]1. The maximum atomic E-state index is 4.51. The molecule has 1 saturated heterocycles. The minimum atomic E-state index is 0.822. The number of rotatable bonds is 0. The van der Waals surface area contributed by atoms with Gasteiger partial charge in [0.25, 0.3) is 0 Å². The van der Waals surface area contributed by atoms with Crippen LogP contribution in [0.15, 0.2) is 0 Å². The van der Waals surface area contributed by atoms with Gasteiger partial charge in [0, 0.05) is 31.8 Å². The lowest BCUT2D eigenvalue weighted by molar-refractivity contribution is 0.739. The molecular formula is C4H12NSi2. The van der Waals surface area contributed by atoms with E-state index in [0.717, 1.165) is 11.3 Å². The molecule has 0 bridgehead atoms. The van der Waals surface area contributed by atoms with Gasteiger partial charge in [-0.15, -0.1) is 0 Å². The van der Waals surface area contributed by atoms with E-state index in [0.29, 0.717) is 0 Å². The average Bonchev–Trinajstić information content (AvgIpc) is 1.87. The molecule has 7 heavy (non-hydrogen) atoms. The highest BCUT2D eigenvalue weighted by atomic mass is 28.1. The van der Waals surface area contributed by atoms with Crippen LogP contribution in [0.5, 0.6) is 0 Å². The van der Waals surface area contributed by atoms with Gasteiger partial charge in [0.1, 0.15) is 0 Å². The van der Waals surface area contributed by atoms with E-state index >= 15 is 0 Å². The Morgan fingerprint density at radius 3 is 1.71 bits per heavy atom. The third kappa shape index (κ3) is 1.40. The molecule has 3 heteroatoms. The topological polar surface area (TPSA) is 14.1 Å². The first-order chi connectivity index (χ1) is 3.29. The Morgan fingerprint density at radius 2 is 1.57 bits per heavy atom. The van der Waals surface area contributed by atoms with Crippen molar-refractivity contribution < 1.29 is 0 Å². The molecule has 1 nitrogen and oxygen atoms in total.